The van der Waals surface area contributed by atoms with Gasteiger partial charge in [-0.05, 0) is 25.6 Å². The minimum atomic E-state index is -0.163. The SMILES string of the molecule is C[C@@H](N)c1cccc(F)c1N1CCN(C)CC1. The lowest BCUT2D eigenvalue weighted by Crippen LogP contribution is -2.45. The molecule has 0 unspecified atom stereocenters. The fourth-order valence-corrected chi connectivity index (χ4v) is 2.26. The zero-order chi connectivity index (χ0) is 12.4. The first-order valence-corrected chi connectivity index (χ1v) is 6.07. The maximum Gasteiger partial charge on any atom is 0.146 e. The van der Waals surface area contributed by atoms with Crippen LogP contribution in [-0.4, -0.2) is 38.1 Å². The number of likely N-dealkylation sites (N-methyl/N-ethyl adjacent to an activating group) is 1. The Balaban J connectivity index is 2.30. The molecule has 94 valence electrons. The van der Waals surface area contributed by atoms with Crippen LogP contribution in [0.4, 0.5) is 10.1 Å². The standard InChI is InChI=1S/C13H20FN3/c1-10(15)11-4-3-5-12(14)13(11)17-8-6-16(2)7-9-17/h3-5,10H,6-9,15H2,1-2H3/t10-/m1/s1. The van der Waals surface area contributed by atoms with E-state index in [9.17, 15) is 4.39 Å². The summed E-state index contributed by atoms with van der Waals surface area (Å²) < 4.78 is 14.0. The first-order valence-electron chi connectivity index (χ1n) is 6.07. The molecule has 1 aromatic carbocycles. The molecule has 0 radical (unpaired) electrons. The largest absolute Gasteiger partial charge is 0.366 e. The van der Waals surface area contributed by atoms with Crippen molar-refractivity contribution in [3.63, 3.8) is 0 Å². The molecule has 1 atom stereocenters. The van der Waals surface area contributed by atoms with Crippen molar-refractivity contribution in [1.29, 1.82) is 0 Å². The minimum Gasteiger partial charge on any atom is -0.366 e. The summed E-state index contributed by atoms with van der Waals surface area (Å²) in [6.07, 6.45) is 0. The molecule has 0 saturated carbocycles. The van der Waals surface area contributed by atoms with Crippen molar-refractivity contribution >= 4 is 5.69 Å². The highest BCUT2D eigenvalue weighted by atomic mass is 19.1. The average Bonchev–Trinajstić information content (AvgIpc) is 2.30. The second-order valence-electron chi connectivity index (χ2n) is 4.76. The smallest absolute Gasteiger partial charge is 0.146 e. The molecule has 1 heterocycles. The third-order valence-electron chi connectivity index (χ3n) is 3.33. The molecule has 1 saturated heterocycles. The maximum atomic E-state index is 14.0. The van der Waals surface area contributed by atoms with Crippen LogP contribution in [0, 0.1) is 5.82 Å². The summed E-state index contributed by atoms with van der Waals surface area (Å²) in [7, 11) is 2.09. The van der Waals surface area contributed by atoms with Crippen molar-refractivity contribution in [2.45, 2.75) is 13.0 Å². The minimum absolute atomic E-state index is 0.139. The Labute approximate surface area is 102 Å². The van der Waals surface area contributed by atoms with E-state index in [0.717, 1.165) is 31.7 Å². The number of benzene rings is 1. The second kappa shape index (κ2) is 5.02. The summed E-state index contributed by atoms with van der Waals surface area (Å²) in [5.41, 5.74) is 7.50. The highest BCUT2D eigenvalue weighted by Crippen LogP contribution is 2.29. The summed E-state index contributed by atoms with van der Waals surface area (Å²) in [5.74, 6) is -0.163. The van der Waals surface area contributed by atoms with Crippen LogP contribution in [0.25, 0.3) is 0 Å². The fourth-order valence-electron chi connectivity index (χ4n) is 2.26. The Bertz CT molecular complexity index is 384. The van der Waals surface area contributed by atoms with Crippen LogP contribution in [0.15, 0.2) is 18.2 Å². The number of nitrogens with two attached hydrogens (primary N) is 1. The van der Waals surface area contributed by atoms with Crippen LogP contribution in [0.1, 0.15) is 18.5 Å². The van der Waals surface area contributed by atoms with Crippen molar-refractivity contribution in [3.05, 3.63) is 29.6 Å². The van der Waals surface area contributed by atoms with Gasteiger partial charge < -0.3 is 15.5 Å². The lowest BCUT2D eigenvalue weighted by Gasteiger charge is -2.35. The van der Waals surface area contributed by atoms with Gasteiger partial charge in [0.05, 0.1) is 5.69 Å². The molecular weight excluding hydrogens is 217 g/mol. The summed E-state index contributed by atoms with van der Waals surface area (Å²) in [5, 5.41) is 0. The van der Waals surface area contributed by atoms with Gasteiger partial charge >= 0.3 is 0 Å². The van der Waals surface area contributed by atoms with Gasteiger partial charge in [-0.2, -0.15) is 0 Å². The zero-order valence-corrected chi connectivity index (χ0v) is 10.5. The van der Waals surface area contributed by atoms with E-state index in [4.69, 9.17) is 5.73 Å². The Morgan fingerprint density at radius 2 is 1.88 bits per heavy atom. The quantitative estimate of drug-likeness (QED) is 0.848. The van der Waals surface area contributed by atoms with Crippen molar-refractivity contribution in [1.82, 2.24) is 4.90 Å². The van der Waals surface area contributed by atoms with Gasteiger partial charge in [0.25, 0.3) is 0 Å². The van der Waals surface area contributed by atoms with Crippen LogP contribution in [0.5, 0.6) is 0 Å². The van der Waals surface area contributed by atoms with Gasteiger partial charge in [0, 0.05) is 32.2 Å². The molecule has 2 N–H and O–H groups in total. The highest BCUT2D eigenvalue weighted by Gasteiger charge is 2.21. The van der Waals surface area contributed by atoms with E-state index in [0.29, 0.717) is 5.69 Å². The van der Waals surface area contributed by atoms with Gasteiger partial charge in [0.2, 0.25) is 0 Å². The lowest BCUT2D eigenvalue weighted by molar-refractivity contribution is 0.311. The van der Waals surface area contributed by atoms with Crippen LogP contribution in [0.3, 0.4) is 0 Å². The zero-order valence-electron chi connectivity index (χ0n) is 10.5. The normalized spacial score (nSPS) is 19.4. The molecule has 1 aromatic rings. The summed E-state index contributed by atoms with van der Waals surface area (Å²) in [4.78, 5) is 4.36. The number of anilines is 1. The van der Waals surface area contributed by atoms with Gasteiger partial charge in [-0.3, -0.25) is 0 Å². The van der Waals surface area contributed by atoms with E-state index in [2.05, 4.69) is 16.8 Å². The fraction of sp³-hybridized carbons (Fsp3) is 0.538. The number of rotatable bonds is 2. The third kappa shape index (κ3) is 2.58. The molecule has 0 bridgehead atoms. The number of piperazine rings is 1. The van der Waals surface area contributed by atoms with Crippen molar-refractivity contribution in [2.24, 2.45) is 5.73 Å². The monoisotopic (exact) mass is 237 g/mol. The summed E-state index contributed by atoms with van der Waals surface area (Å²) in [6.45, 7) is 5.54. The van der Waals surface area contributed by atoms with Crippen LogP contribution in [0.2, 0.25) is 0 Å². The molecule has 4 heteroatoms. The number of halogens is 1. The van der Waals surface area contributed by atoms with E-state index in [-0.39, 0.29) is 11.9 Å². The van der Waals surface area contributed by atoms with Gasteiger partial charge in [-0.25, -0.2) is 4.39 Å². The Kier molecular flexibility index (Phi) is 3.64. The van der Waals surface area contributed by atoms with Crippen molar-refractivity contribution < 1.29 is 4.39 Å². The topological polar surface area (TPSA) is 32.5 Å². The first kappa shape index (κ1) is 12.3. The van der Waals surface area contributed by atoms with E-state index < -0.39 is 0 Å². The molecule has 0 aromatic heterocycles. The average molecular weight is 237 g/mol. The molecule has 1 fully saturated rings. The first-order chi connectivity index (χ1) is 8.09. The van der Waals surface area contributed by atoms with Gasteiger partial charge in [0.1, 0.15) is 5.82 Å². The highest BCUT2D eigenvalue weighted by molar-refractivity contribution is 5.56. The Morgan fingerprint density at radius 3 is 2.47 bits per heavy atom. The number of hydrogen-bond acceptors (Lipinski definition) is 3. The van der Waals surface area contributed by atoms with E-state index in [1.165, 1.54) is 6.07 Å². The summed E-state index contributed by atoms with van der Waals surface area (Å²) in [6, 6.07) is 5.02. The van der Waals surface area contributed by atoms with Crippen molar-refractivity contribution in [2.75, 3.05) is 38.1 Å². The number of para-hydroxylation sites is 1. The number of hydrogen-bond donors (Lipinski definition) is 1. The molecule has 1 aliphatic rings. The molecule has 0 spiro atoms. The van der Waals surface area contributed by atoms with Gasteiger partial charge in [0.15, 0.2) is 0 Å². The number of nitrogens with zero attached hydrogens (tertiary/aromatic N) is 2. The van der Waals surface area contributed by atoms with Gasteiger partial charge in [-0.15, -0.1) is 0 Å². The predicted octanol–water partition coefficient (Wildman–Crippen LogP) is 1.60. The second-order valence-corrected chi connectivity index (χ2v) is 4.76. The summed E-state index contributed by atoms with van der Waals surface area (Å²) >= 11 is 0. The molecule has 3 nitrogen and oxygen atoms in total. The van der Waals surface area contributed by atoms with Gasteiger partial charge in [-0.1, -0.05) is 12.1 Å². The molecule has 2 rings (SSSR count). The van der Waals surface area contributed by atoms with Crippen molar-refractivity contribution in [3.8, 4) is 0 Å². The van der Waals surface area contributed by atoms with Crippen LogP contribution in [-0.2, 0) is 0 Å². The predicted molar refractivity (Wildman–Crippen MR) is 68.7 cm³/mol. The maximum absolute atomic E-state index is 14.0. The van der Waals surface area contributed by atoms with Crippen LogP contribution < -0.4 is 10.6 Å². The van der Waals surface area contributed by atoms with E-state index in [1.54, 1.807) is 6.07 Å². The Morgan fingerprint density at radius 1 is 1.24 bits per heavy atom. The van der Waals surface area contributed by atoms with E-state index >= 15 is 0 Å². The molecule has 0 amide bonds. The van der Waals surface area contributed by atoms with E-state index in [1.807, 2.05) is 13.0 Å². The molecular formula is C13H20FN3. The lowest BCUT2D eigenvalue weighted by atomic mass is 10.0. The van der Waals surface area contributed by atoms with Crippen LogP contribution >= 0.6 is 0 Å². The third-order valence-corrected chi connectivity index (χ3v) is 3.33. The Hall–Kier alpha value is -1.13. The molecule has 17 heavy (non-hydrogen) atoms. The molecule has 1 aliphatic heterocycles. The molecule has 0 aliphatic carbocycles.